The fourth-order valence-corrected chi connectivity index (χ4v) is 2.89. The van der Waals surface area contributed by atoms with Crippen molar-refractivity contribution in [3.05, 3.63) is 0 Å². The molecule has 0 saturated carbocycles. The molecule has 0 aliphatic heterocycles. The molecular weight excluding hydrogens is 204 g/mol. The first kappa shape index (κ1) is 17.0. The van der Waals surface area contributed by atoms with Crippen molar-refractivity contribution in [1.82, 2.24) is 0 Å². The number of unbranched alkanes of at least 4 members (excludes halogenated alkanes) is 5. The van der Waals surface area contributed by atoms with Crippen LogP contribution in [0.1, 0.15) is 98.3 Å². The van der Waals surface area contributed by atoms with Gasteiger partial charge in [-0.25, -0.2) is 0 Å². The second-order valence-electron chi connectivity index (χ2n) is 5.87. The second-order valence-corrected chi connectivity index (χ2v) is 5.87. The third-order valence-electron chi connectivity index (χ3n) is 4.16. The Labute approximate surface area is 111 Å². The van der Waals surface area contributed by atoms with Crippen molar-refractivity contribution in [2.45, 2.75) is 98.3 Å². The molecule has 0 fully saturated rings. The maximum absolute atomic E-state index is 2.49. The summed E-state index contributed by atoms with van der Waals surface area (Å²) in [6, 6.07) is 0. The molecule has 0 nitrogen and oxygen atoms in total. The Balaban J connectivity index is 3.83. The van der Waals surface area contributed by atoms with E-state index in [-0.39, 0.29) is 0 Å². The molecule has 0 rings (SSSR count). The van der Waals surface area contributed by atoms with Crippen molar-refractivity contribution in [1.29, 1.82) is 0 Å². The fraction of sp³-hybridized carbons (Fsp3) is 1.00. The van der Waals surface area contributed by atoms with Crippen molar-refractivity contribution >= 4 is 0 Å². The molecule has 0 aliphatic rings. The molecule has 0 heterocycles. The Morgan fingerprint density at radius 3 is 1.65 bits per heavy atom. The maximum Gasteiger partial charge on any atom is -0.0388 e. The second kappa shape index (κ2) is 12.5. The molecule has 17 heavy (non-hydrogen) atoms. The highest BCUT2D eigenvalue weighted by Gasteiger charge is 2.15. The van der Waals surface area contributed by atoms with E-state index >= 15 is 0 Å². The van der Waals surface area contributed by atoms with Gasteiger partial charge in [0, 0.05) is 0 Å². The minimum Gasteiger partial charge on any atom is -0.0654 e. The highest BCUT2D eigenvalue weighted by molar-refractivity contribution is 4.67. The van der Waals surface area contributed by atoms with Gasteiger partial charge in [-0.2, -0.15) is 0 Å². The molecule has 0 aliphatic carbocycles. The number of hydrogen-bond acceptors (Lipinski definition) is 0. The first-order valence-electron chi connectivity index (χ1n) is 8.26. The lowest BCUT2D eigenvalue weighted by Crippen LogP contribution is -2.12. The van der Waals surface area contributed by atoms with Crippen LogP contribution in [0.3, 0.4) is 0 Å². The van der Waals surface area contributed by atoms with E-state index in [1.165, 1.54) is 70.6 Å². The van der Waals surface area contributed by atoms with Gasteiger partial charge in [0.25, 0.3) is 0 Å². The average Bonchev–Trinajstić information content (AvgIpc) is 2.32. The van der Waals surface area contributed by atoms with Gasteiger partial charge in [0.15, 0.2) is 0 Å². The first-order chi connectivity index (χ1) is 8.26. The van der Waals surface area contributed by atoms with Gasteiger partial charge in [0.05, 0.1) is 0 Å². The van der Waals surface area contributed by atoms with Gasteiger partial charge in [0.1, 0.15) is 0 Å². The quantitative estimate of drug-likeness (QED) is 0.338. The molecule has 2 unspecified atom stereocenters. The zero-order valence-corrected chi connectivity index (χ0v) is 12.9. The molecule has 0 bridgehead atoms. The summed E-state index contributed by atoms with van der Waals surface area (Å²) in [7, 11) is 0. The van der Waals surface area contributed by atoms with Crippen LogP contribution in [0, 0.1) is 11.8 Å². The van der Waals surface area contributed by atoms with Crippen LogP contribution in [0.15, 0.2) is 0 Å². The van der Waals surface area contributed by atoms with Crippen molar-refractivity contribution in [3.8, 4) is 0 Å². The van der Waals surface area contributed by atoms with Crippen LogP contribution in [0.5, 0.6) is 0 Å². The SMILES string of the molecule is CCCCCCC(CCCCC)C(C)CCC. The van der Waals surface area contributed by atoms with Gasteiger partial charge in [-0.15, -0.1) is 0 Å². The van der Waals surface area contributed by atoms with E-state index in [4.69, 9.17) is 0 Å². The predicted octanol–water partition coefficient (Wildman–Crippen LogP) is 6.59. The van der Waals surface area contributed by atoms with E-state index in [1.807, 2.05) is 0 Å². The molecule has 0 amide bonds. The molecule has 104 valence electrons. The molecule has 0 spiro atoms. The third-order valence-corrected chi connectivity index (χ3v) is 4.16. The van der Waals surface area contributed by atoms with Crippen molar-refractivity contribution in [3.63, 3.8) is 0 Å². The summed E-state index contributed by atoms with van der Waals surface area (Å²) in [5.41, 5.74) is 0. The van der Waals surface area contributed by atoms with Crippen LogP contribution < -0.4 is 0 Å². The van der Waals surface area contributed by atoms with Crippen LogP contribution in [0.2, 0.25) is 0 Å². The third kappa shape index (κ3) is 9.68. The van der Waals surface area contributed by atoms with Crippen molar-refractivity contribution in [2.75, 3.05) is 0 Å². The Morgan fingerprint density at radius 1 is 0.588 bits per heavy atom. The number of rotatable bonds is 12. The Hall–Kier alpha value is 0. The molecular formula is C17H36. The van der Waals surface area contributed by atoms with Crippen molar-refractivity contribution < 1.29 is 0 Å². The van der Waals surface area contributed by atoms with Gasteiger partial charge < -0.3 is 0 Å². The Morgan fingerprint density at radius 2 is 1.12 bits per heavy atom. The van der Waals surface area contributed by atoms with Gasteiger partial charge in [0.2, 0.25) is 0 Å². The standard InChI is InChI=1S/C17H36/c1-5-8-10-12-15-17(14-11-9-6-2)16(4)13-7-3/h16-17H,5-15H2,1-4H3. The molecule has 2 atom stereocenters. The lowest BCUT2D eigenvalue weighted by Gasteiger charge is -2.24. The van der Waals surface area contributed by atoms with Crippen LogP contribution in [0.25, 0.3) is 0 Å². The summed E-state index contributed by atoms with van der Waals surface area (Å²) in [6.45, 7) is 9.43. The molecule has 0 radical (unpaired) electrons. The zero-order valence-electron chi connectivity index (χ0n) is 12.9. The van der Waals surface area contributed by atoms with E-state index in [2.05, 4.69) is 27.7 Å². The fourth-order valence-electron chi connectivity index (χ4n) is 2.89. The van der Waals surface area contributed by atoms with Crippen LogP contribution >= 0.6 is 0 Å². The number of hydrogen-bond donors (Lipinski definition) is 0. The van der Waals surface area contributed by atoms with E-state index in [0.717, 1.165) is 11.8 Å². The maximum atomic E-state index is 2.49. The van der Waals surface area contributed by atoms with Crippen LogP contribution in [0.4, 0.5) is 0 Å². The van der Waals surface area contributed by atoms with Crippen LogP contribution in [-0.4, -0.2) is 0 Å². The average molecular weight is 240 g/mol. The first-order valence-corrected chi connectivity index (χ1v) is 8.26. The summed E-state index contributed by atoms with van der Waals surface area (Å²) in [4.78, 5) is 0. The van der Waals surface area contributed by atoms with E-state index in [1.54, 1.807) is 0 Å². The molecule has 0 aromatic heterocycles. The normalized spacial score (nSPS) is 14.8. The molecule has 0 aromatic carbocycles. The molecule has 0 N–H and O–H groups in total. The molecule has 0 heteroatoms. The Bertz CT molecular complexity index is 139. The monoisotopic (exact) mass is 240 g/mol. The summed E-state index contributed by atoms with van der Waals surface area (Å²) in [6.07, 6.45) is 15.8. The minimum absolute atomic E-state index is 0.957. The van der Waals surface area contributed by atoms with E-state index in [0.29, 0.717) is 0 Å². The highest BCUT2D eigenvalue weighted by Crippen LogP contribution is 2.28. The van der Waals surface area contributed by atoms with Gasteiger partial charge in [-0.3, -0.25) is 0 Å². The van der Waals surface area contributed by atoms with Gasteiger partial charge in [-0.05, 0) is 11.8 Å². The summed E-state index contributed by atoms with van der Waals surface area (Å²) in [5.74, 6) is 1.97. The Kier molecular flexibility index (Phi) is 12.5. The van der Waals surface area contributed by atoms with E-state index in [9.17, 15) is 0 Å². The van der Waals surface area contributed by atoms with Gasteiger partial charge >= 0.3 is 0 Å². The molecule has 0 saturated heterocycles. The summed E-state index contributed by atoms with van der Waals surface area (Å²) >= 11 is 0. The lowest BCUT2D eigenvalue weighted by atomic mass is 9.82. The van der Waals surface area contributed by atoms with Crippen molar-refractivity contribution in [2.24, 2.45) is 11.8 Å². The highest BCUT2D eigenvalue weighted by atomic mass is 14.2. The molecule has 0 aromatic rings. The predicted molar refractivity (Wildman–Crippen MR) is 80.5 cm³/mol. The van der Waals surface area contributed by atoms with Gasteiger partial charge in [-0.1, -0.05) is 98.3 Å². The smallest absolute Gasteiger partial charge is 0.0388 e. The topological polar surface area (TPSA) is 0 Å². The van der Waals surface area contributed by atoms with E-state index < -0.39 is 0 Å². The minimum atomic E-state index is 0.957. The summed E-state index contributed by atoms with van der Waals surface area (Å²) in [5, 5.41) is 0. The summed E-state index contributed by atoms with van der Waals surface area (Å²) < 4.78 is 0. The zero-order chi connectivity index (χ0) is 12.9. The largest absolute Gasteiger partial charge is 0.0654 e. The lowest BCUT2D eigenvalue weighted by molar-refractivity contribution is 0.280. The van der Waals surface area contributed by atoms with Crippen LogP contribution in [-0.2, 0) is 0 Å².